The molecule has 3 aromatic rings. The second kappa shape index (κ2) is 7.72. The minimum Gasteiger partial charge on any atom is -0.370 e. The summed E-state index contributed by atoms with van der Waals surface area (Å²) in [6.07, 6.45) is 1.67. The molecule has 0 radical (unpaired) electrons. The zero-order valence-electron chi connectivity index (χ0n) is 15.9. The number of halogens is 2. The lowest BCUT2D eigenvalue weighted by Gasteiger charge is -2.35. The number of para-hydroxylation sites is 1. The number of piperidine rings is 1. The van der Waals surface area contributed by atoms with Crippen molar-refractivity contribution in [2.24, 2.45) is 7.05 Å². The Morgan fingerprint density at radius 3 is 2.59 bits per heavy atom. The Labute approximate surface area is 173 Å². The fourth-order valence-electron chi connectivity index (χ4n) is 3.97. The van der Waals surface area contributed by atoms with Gasteiger partial charge in [-0.2, -0.15) is 5.26 Å². The molecule has 4 rings (SSSR count). The smallest absolute Gasteiger partial charge is 0.221 e. The maximum absolute atomic E-state index is 14.6. The summed E-state index contributed by atoms with van der Waals surface area (Å²) in [7, 11) is 1.86. The predicted molar refractivity (Wildman–Crippen MR) is 111 cm³/mol. The van der Waals surface area contributed by atoms with Gasteiger partial charge >= 0.3 is 0 Å². The van der Waals surface area contributed by atoms with Crippen LogP contribution < -0.4 is 10.6 Å². The topological polar surface area (TPSA) is 83.8 Å². The minimum absolute atomic E-state index is 0.238. The van der Waals surface area contributed by atoms with Gasteiger partial charge in [-0.05, 0) is 37.1 Å². The van der Waals surface area contributed by atoms with Crippen LogP contribution >= 0.6 is 11.6 Å². The summed E-state index contributed by atoms with van der Waals surface area (Å²) in [6, 6.07) is 12.1. The molecule has 2 N–H and O–H groups in total. The molecule has 1 saturated heterocycles. The van der Waals surface area contributed by atoms with Gasteiger partial charge in [-0.25, -0.2) is 4.39 Å². The van der Waals surface area contributed by atoms with E-state index in [1.807, 2.05) is 17.7 Å². The minimum atomic E-state index is -0.366. The van der Waals surface area contributed by atoms with Crippen molar-refractivity contribution in [1.29, 1.82) is 5.26 Å². The number of nitrogens with zero attached hydrogens (tertiary/aromatic N) is 5. The van der Waals surface area contributed by atoms with Crippen LogP contribution in [0.15, 0.2) is 36.4 Å². The Morgan fingerprint density at radius 2 is 1.93 bits per heavy atom. The molecule has 148 valence electrons. The number of nitrogens with two attached hydrogens (primary N) is 1. The number of nitrogen functional groups attached to an aromatic ring is 1. The number of nitriles is 1. The summed E-state index contributed by atoms with van der Waals surface area (Å²) in [6.45, 7) is 1.43. The summed E-state index contributed by atoms with van der Waals surface area (Å²) < 4.78 is 16.4. The molecule has 1 aliphatic rings. The molecular weight excluding hydrogens is 391 g/mol. The van der Waals surface area contributed by atoms with E-state index in [1.54, 1.807) is 18.2 Å². The summed E-state index contributed by atoms with van der Waals surface area (Å²) >= 11 is 6.11. The number of hydrogen-bond donors (Lipinski definition) is 1. The molecule has 2 heterocycles. The number of rotatable bonds is 3. The second-order valence-corrected chi connectivity index (χ2v) is 7.61. The molecule has 0 aliphatic carbocycles. The molecule has 1 aliphatic heterocycles. The van der Waals surface area contributed by atoms with Crippen LogP contribution in [0.3, 0.4) is 0 Å². The largest absolute Gasteiger partial charge is 0.370 e. The van der Waals surface area contributed by atoms with Crippen molar-refractivity contribution >= 4 is 23.2 Å². The van der Waals surface area contributed by atoms with Crippen LogP contribution in [0.5, 0.6) is 0 Å². The highest BCUT2D eigenvalue weighted by Gasteiger charge is 2.28. The number of anilines is 2. The highest BCUT2D eigenvalue weighted by atomic mass is 35.5. The van der Waals surface area contributed by atoms with Crippen molar-refractivity contribution in [2.75, 3.05) is 23.7 Å². The van der Waals surface area contributed by atoms with Crippen LogP contribution in [-0.2, 0) is 7.05 Å². The van der Waals surface area contributed by atoms with E-state index in [0.717, 1.165) is 24.4 Å². The van der Waals surface area contributed by atoms with Gasteiger partial charge in [0.25, 0.3) is 0 Å². The van der Waals surface area contributed by atoms with Crippen molar-refractivity contribution in [3.63, 3.8) is 0 Å². The van der Waals surface area contributed by atoms with Gasteiger partial charge in [0.05, 0.1) is 11.3 Å². The van der Waals surface area contributed by atoms with Gasteiger partial charge in [0.2, 0.25) is 5.95 Å². The fourth-order valence-corrected chi connectivity index (χ4v) is 4.14. The van der Waals surface area contributed by atoms with Crippen molar-refractivity contribution in [3.05, 3.63) is 58.6 Å². The first-order chi connectivity index (χ1) is 14.0. The Hall–Kier alpha value is -3.11. The van der Waals surface area contributed by atoms with Crippen LogP contribution in [0.2, 0.25) is 5.02 Å². The van der Waals surface area contributed by atoms with Gasteiger partial charge in [0.1, 0.15) is 17.7 Å². The molecule has 1 aromatic heterocycles. The third-order valence-corrected chi connectivity index (χ3v) is 5.73. The van der Waals surface area contributed by atoms with Gasteiger partial charge in [-0.1, -0.05) is 23.7 Å². The van der Waals surface area contributed by atoms with Crippen LogP contribution in [0, 0.1) is 17.1 Å². The van der Waals surface area contributed by atoms with Gasteiger partial charge in [-0.3, -0.25) is 0 Å². The summed E-state index contributed by atoms with van der Waals surface area (Å²) in [5.74, 6) is 1.14. The van der Waals surface area contributed by atoms with Gasteiger partial charge in [0.15, 0.2) is 0 Å². The van der Waals surface area contributed by atoms with Crippen LogP contribution in [-0.4, -0.2) is 27.9 Å². The Bertz CT molecular complexity index is 1100. The van der Waals surface area contributed by atoms with Crippen molar-refractivity contribution in [3.8, 4) is 17.2 Å². The van der Waals surface area contributed by atoms with Crippen LogP contribution in [0.4, 0.5) is 16.0 Å². The molecule has 2 aromatic carbocycles. The molecule has 6 nitrogen and oxygen atoms in total. The molecule has 1 fully saturated rings. The van der Waals surface area contributed by atoms with E-state index in [2.05, 4.69) is 21.2 Å². The van der Waals surface area contributed by atoms with Crippen molar-refractivity contribution < 1.29 is 4.39 Å². The molecule has 0 unspecified atom stereocenters. The summed E-state index contributed by atoms with van der Waals surface area (Å²) in [5.41, 5.74) is 8.14. The standard InChI is InChI=1S/C21H20ClFN6/c1-28-20(26-27-21(28)25)13-7-9-29(10-8-13)19-14(12-24)3-2-4-16(19)17-11-15(22)5-6-18(17)23/h2-6,11,13H,7-10H2,1H3,(H2,25,27). The highest BCUT2D eigenvalue weighted by molar-refractivity contribution is 6.30. The maximum Gasteiger partial charge on any atom is 0.221 e. The number of benzene rings is 2. The van der Waals surface area contributed by atoms with Gasteiger partial charge in [0, 0.05) is 42.2 Å². The van der Waals surface area contributed by atoms with E-state index >= 15 is 0 Å². The van der Waals surface area contributed by atoms with E-state index in [1.165, 1.54) is 12.1 Å². The van der Waals surface area contributed by atoms with Crippen LogP contribution in [0.1, 0.15) is 30.1 Å². The molecule has 0 amide bonds. The van der Waals surface area contributed by atoms with Gasteiger partial charge in [-0.15, -0.1) is 10.2 Å². The molecule has 0 atom stereocenters. The first-order valence-corrected chi connectivity index (χ1v) is 9.75. The van der Waals surface area contributed by atoms with Crippen molar-refractivity contribution in [1.82, 2.24) is 14.8 Å². The first-order valence-electron chi connectivity index (χ1n) is 9.38. The van der Waals surface area contributed by atoms with E-state index in [0.29, 0.717) is 40.8 Å². The quantitative estimate of drug-likeness (QED) is 0.702. The van der Waals surface area contributed by atoms with Gasteiger partial charge < -0.3 is 15.2 Å². The average Bonchev–Trinajstić information content (AvgIpc) is 3.08. The predicted octanol–water partition coefficient (Wildman–Crippen LogP) is 4.11. The normalized spacial score (nSPS) is 14.8. The van der Waals surface area contributed by atoms with Crippen LogP contribution in [0.25, 0.3) is 11.1 Å². The van der Waals surface area contributed by atoms with Crippen molar-refractivity contribution in [2.45, 2.75) is 18.8 Å². The van der Waals surface area contributed by atoms with E-state index in [9.17, 15) is 9.65 Å². The first kappa shape index (κ1) is 19.2. The zero-order chi connectivity index (χ0) is 20.5. The molecule has 8 heteroatoms. The molecule has 29 heavy (non-hydrogen) atoms. The fraction of sp³-hybridized carbons (Fsp3) is 0.286. The molecule has 0 spiro atoms. The molecular formula is C21H20ClFN6. The summed E-state index contributed by atoms with van der Waals surface area (Å²) in [5, 5.41) is 18.3. The maximum atomic E-state index is 14.6. The SMILES string of the molecule is Cn1c(N)nnc1C1CCN(c2c(C#N)cccc2-c2cc(Cl)ccc2F)CC1. The van der Waals surface area contributed by atoms with E-state index in [-0.39, 0.29) is 11.7 Å². The monoisotopic (exact) mass is 410 g/mol. The number of hydrogen-bond acceptors (Lipinski definition) is 5. The Morgan fingerprint density at radius 1 is 1.17 bits per heavy atom. The lowest BCUT2D eigenvalue weighted by Crippen LogP contribution is -2.34. The Balaban J connectivity index is 1.68. The second-order valence-electron chi connectivity index (χ2n) is 7.17. The average molecular weight is 411 g/mol. The molecule has 0 bridgehead atoms. The lowest BCUT2D eigenvalue weighted by molar-refractivity contribution is 0.474. The van der Waals surface area contributed by atoms with E-state index < -0.39 is 0 Å². The Kier molecular flexibility index (Phi) is 5.12. The molecule has 0 saturated carbocycles. The number of aromatic nitrogens is 3. The van der Waals surface area contributed by atoms with E-state index in [4.69, 9.17) is 17.3 Å². The third kappa shape index (κ3) is 3.52. The summed E-state index contributed by atoms with van der Waals surface area (Å²) in [4.78, 5) is 2.14. The highest BCUT2D eigenvalue weighted by Crippen LogP contribution is 2.39. The zero-order valence-corrected chi connectivity index (χ0v) is 16.7. The third-order valence-electron chi connectivity index (χ3n) is 5.49. The lowest BCUT2D eigenvalue weighted by atomic mass is 9.93.